The van der Waals surface area contributed by atoms with Crippen molar-refractivity contribution in [1.82, 2.24) is 14.3 Å². The van der Waals surface area contributed by atoms with Gasteiger partial charge in [-0.1, -0.05) is 23.7 Å². The van der Waals surface area contributed by atoms with Gasteiger partial charge in [0.05, 0.1) is 29.1 Å². The first-order valence-corrected chi connectivity index (χ1v) is 14.4. The highest BCUT2D eigenvalue weighted by atomic mass is 35.5. The van der Waals surface area contributed by atoms with Gasteiger partial charge in [-0.15, -0.1) is 0 Å². The van der Waals surface area contributed by atoms with Crippen LogP contribution >= 0.6 is 11.6 Å². The van der Waals surface area contributed by atoms with E-state index in [0.29, 0.717) is 44.4 Å². The monoisotopic (exact) mass is 540 g/mol. The fourth-order valence-corrected chi connectivity index (χ4v) is 6.07. The maximum Gasteiger partial charge on any atom is 0.223 e. The van der Waals surface area contributed by atoms with Gasteiger partial charge >= 0.3 is 0 Å². The number of imidazole rings is 1. The van der Waals surface area contributed by atoms with Crippen molar-refractivity contribution in [3.05, 3.63) is 71.6 Å². The third-order valence-electron chi connectivity index (χ3n) is 6.74. The molecule has 37 heavy (non-hydrogen) atoms. The van der Waals surface area contributed by atoms with Crippen molar-refractivity contribution in [3.63, 3.8) is 0 Å². The number of carbonyl (C=O) groups excluding carboxylic acids is 1. The summed E-state index contributed by atoms with van der Waals surface area (Å²) >= 11 is 6.02. The number of halogens is 1. The van der Waals surface area contributed by atoms with Crippen LogP contribution in [0.4, 0.5) is 5.69 Å². The van der Waals surface area contributed by atoms with Gasteiger partial charge in [0, 0.05) is 62.2 Å². The van der Waals surface area contributed by atoms with Crippen LogP contribution in [0, 0.1) is 0 Å². The van der Waals surface area contributed by atoms with Crippen LogP contribution in [-0.2, 0) is 26.0 Å². The quantitative estimate of drug-likeness (QED) is 0.333. The topological polar surface area (TPSA) is 84.2 Å². The summed E-state index contributed by atoms with van der Waals surface area (Å²) in [7, 11) is -3.58. The molecule has 0 N–H and O–H groups in total. The molecule has 0 aliphatic carbocycles. The van der Waals surface area contributed by atoms with E-state index in [2.05, 4.69) is 9.88 Å². The second-order valence-corrected chi connectivity index (χ2v) is 11.6. The van der Waals surface area contributed by atoms with Gasteiger partial charge in [0.1, 0.15) is 5.65 Å². The molecule has 4 aromatic rings. The molecule has 8 nitrogen and oxygen atoms in total. The van der Waals surface area contributed by atoms with E-state index < -0.39 is 9.84 Å². The van der Waals surface area contributed by atoms with Gasteiger partial charge in [-0.2, -0.15) is 0 Å². The molecule has 194 valence electrons. The van der Waals surface area contributed by atoms with Gasteiger partial charge in [-0.3, -0.25) is 4.79 Å². The number of nitrogens with zero attached hydrogens (tertiary/aromatic N) is 4. The molecule has 1 amide bonds. The third kappa shape index (κ3) is 5.58. The van der Waals surface area contributed by atoms with E-state index in [1.807, 2.05) is 35.9 Å². The molecule has 0 saturated carbocycles. The zero-order valence-electron chi connectivity index (χ0n) is 20.6. The number of hydrogen-bond acceptors (Lipinski definition) is 6. The number of hydrogen-bond donors (Lipinski definition) is 0. The number of carbonyl (C=O) groups is 1. The Morgan fingerprint density at radius 2 is 1.78 bits per heavy atom. The molecule has 1 aliphatic rings. The minimum Gasteiger partial charge on any atom is -0.375 e. The predicted octanol–water partition coefficient (Wildman–Crippen LogP) is 4.19. The molecule has 3 heterocycles. The van der Waals surface area contributed by atoms with Crippen molar-refractivity contribution in [2.45, 2.75) is 24.8 Å². The molecule has 0 atom stereocenters. The summed E-state index contributed by atoms with van der Waals surface area (Å²) in [6.07, 6.45) is 3.78. The van der Waals surface area contributed by atoms with Crippen LogP contribution in [0.3, 0.4) is 0 Å². The summed E-state index contributed by atoms with van der Waals surface area (Å²) in [6.45, 7) is 5.58. The molecule has 1 aliphatic heterocycles. The Hall–Kier alpha value is -3.14. The highest BCUT2D eigenvalue weighted by molar-refractivity contribution is 7.91. The predicted molar refractivity (Wildman–Crippen MR) is 145 cm³/mol. The number of anilines is 1. The maximum absolute atomic E-state index is 12.9. The zero-order chi connectivity index (χ0) is 26.0. The Morgan fingerprint density at radius 3 is 2.57 bits per heavy atom. The summed E-state index contributed by atoms with van der Waals surface area (Å²) in [6, 6.07) is 14.4. The van der Waals surface area contributed by atoms with Crippen molar-refractivity contribution in [2.75, 3.05) is 43.4 Å². The summed E-state index contributed by atoms with van der Waals surface area (Å²) in [5.41, 5.74) is 2.91. The highest BCUT2D eigenvalue weighted by Gasteiger charge is 2.24. The molecule has 10 heteroatoms. The van der Waals surface area contributed by atoms with Crippen LogP contribution in [0.2, 0.25) is 5.02 Å². The molecular formula is C27H29ClN4O4S. The molecule has 5 rings (SSSR count). The summed E-state index contributed by atoms with van der Waals surface area (Å²) < 4.78 is 33.3. The molecular weight excluding hydrogens is 512 g/mol. The van der Waals surface area contributed by atoms with Gasteiger partial charge in [0.15, 0.2) is 9.84 Å². The Bertz CT molecular complexity index is 1540. The van der Waals surface area contributed by atoms with E-state index in [0.717, 1.165) is 27.8 Å². The third-order valence-corrected chi connectivity index (χ3v) is 8.69. The van der Waals surface area contributed by atoms with Crippen molar-refractivity contribution < 1.29 is 17.9 Å². The van der Waals surface area contributed by atoms with Crippen molar-refractivity contribution in [2.24, 2.45) is 0 Å². The maximum atomic E-state index is 12.9. The van der Waals surface area contributed by atoms with Crippen LogP contribution in [0.15, 0.2) is 65.8 Å². The number of fused-ring (bicyclic) bond motifs is 2. The number of sulfone groups is 1. The number of pyridine rings is 1. The molecule has 1 fully saturated rings. The van der Waals surface area contributed by atoms with Crippen molar-refractivity contribution >= 4 is 49.5 Å². The van der Waals surface area contributed by atoms with Gasteiger partial charge < -0.3 is 18.9 Å². The van der Waals surface area contributed by atoms with Gasteiger partial charge in [-0.25, -0.2) is 13.4 Å². The molecule has 2 aromatic carbocycles. The van der Waals surface area contributed by atoms with Crippen LogP contribution in [0.1, 0.15) is 19.0 Å². The second kappa shape index (κ2) is 10.7. The molecule has 0 unspecified atom stereocenters. The highest BCUT2D eigenvalue weighted by Crippen LogP contribution is 2.24. The van der Waals surface area contributed by atoms with Crippen LogP contribution in [0.5, 0.6) is 0 Å². The summed E-state index contributed by atoms with van der Waals surface area (Å²) in [4.78, 5) is 21.5. The largest absolute Gasteiger partial charge is 0.375 e. The lowest BCUT2D eigenvalue weighted by Crippen LogP contribution is -2.49. The zero-order valence-corrected chi connectivity index (χ0v) is 22.2. The number of amides is 1. The minimum atomic E-state index is -3.58. The molecule has 0 bridgehead atoms. The Kier molecular flexibility index (Phi) is 7.37. The Balaban J connectivity index is 1.17. The van der Waals surface area contributed by atoms with Crippen LogP contribution in [0.25, 0.3) is 16.4 Å². The summed E-state index contributed by atoms with van der Waals surface area (Å²) in [5, 5.41) is 2.27. The first-order chi connectivity index (χ1) is 17.8. The van der Waals surface area contributed by atoms with Crippen molar-refractivity contribution in [1.29, 1.82) is 0 Å². The Morgan fingerprint density at radius 1 is 1.03 bits per heavy atom. The normalized spacial score (nSPS) is 14.5. The van der Waals surface area contributed by atoms with Crippen LogP contribution < -0.4 is 4.90 Å². The average molecular weight is 541 g/mol. The Labute approximate surface area is 221 Å². The minimum absolute atomic E-state index is 0.0381. The number of benzene rings is 2. The smallest absolute Gasteiger partial charge is 0.223 e. The average Bonchev–Trinajstić information content (AvgIpc) is 3.32. The number of rotatable bonds is 8. The fourth-order valence-electron chi connectivity index (χ4n) is 4.63. The molecule has 0 radical (unpaired) electrons. The fraction of sp³-hybridized carbons (Fsp3) is 0.333. The molecule has 2 aromatic heterocycles. The van der Waals surface area contributed by atoms with E-state index in [1.54, 1.807) is 41.3 Å². The van der Waals surface area contributed by atoms with E-state index in [1.165, 1.54) is 0 Å². The lowest BCUT2D eigenvalue weighted by molar-refractivity contribution is -0.131. The summed E-state index contributed by atoms with van der Waals surface area (Å²) in [5.74, 6) is -0.355. The second-order valence-electron chi connectivity index (χ2n) is 9.09. The number of piperazine rings is 1. The van der Waals surface area contributed by atoms with E-state index in [9.17, 15) is 13.2 Å². The molecule has 0 spiro atoms. The van der Waals surface area contributed by atoms with Gasteiger partial charge in [-0.05, 0) is 48.0 Å². The van der Waals surface area contributed by atoms with Gasteiger partial charge in [0.2, 0.25) is 5.91 Å². The molecule has 1 saturated heterocycles. The first kappa shape index (κ1) is 25.5. The van der Waals surface area contributed by atoms with Crippen LogP contribution in [-0.4, -0.2) is 67.1 Å². The number of aromatic nitrogens is 2. The first-order valence-electron chi connectivity index (χ1n) is 12.3. The van der Waals surface area contributed by atoms with Crippen molar-refractivity contribution in [3.8, 4) is 0 Å². The number of ether oxygens (including phenoxy) is 1. The SMILES string of the molecule is CCOCc1cnc2cc(N3CCN(C(=O)CCS(=O)(=O)c4ccc5cc(Cl)ccc5c4)CC3)ccn12. The lowest BCUT2D eigenvalue weighted by atomic mass is 10.1. The lowest BCUT2D eigenvalue weighted by Gasteiger charge is -2.36. The standard InChI is InChI=1S/C27H29ClN4O4S/c1-2-36-19-24-18-29-26-17-23(7-9-32(24)26)30-10-12-31(13-11-30)27(33)8-14-37(34,35)25-6-4-20-15-22(28)5-3-21(20)16-25/h3-7,9,15-18H,2,8,10-14,19H2,1H3. The van der Waals surface area contributed by atoms with E-state index in [-0.39, 0.29) is 23.0 Å². The van der Waals surface area contributed by atoms with Gasteiger partial charge in [0.25, 0.3) is 0 Å². The van der Waals surface area contributed by atoms with E-state index in [4.69, 9.17) is 16.3 Å². The van der Waals surface area contributed by atoms with E-state index >= 15 is 0 Å².